The molecule has 0 saturated carbocycles. The largest absolute Gasteiger partial charge is 0.497 e. The molecule has 1 aromatic rings. The highest BCUT2D eigenvalue weighted by molar-refractivity contribution is 14.0. The Bertz CT molecular complexity index is 592. The van der Waals surface area contributed by atoms with Crippen LogP contribution >= 0.6 is 24.0 Å². The summed E-state index contributed by atoms with van der Waals surface area (Å²) < 4.78 is 10.7. The van der Waals surface area contributed by atoms with Crippen LogP contribution in [0.4, 0.5) is 0 Å². The molecular formula is C21H37IN4O3. The summed E-state index contributed by atoms with van der Waals surface area (Å²) in [4.78, 5) is 17.8. The number of nitrogens with zero attached hydrogens (tertiary/aromatic N) is 2. The van der Waals surface area contributed by atoms with Gasteiger partial charge in [0.05, 0.1) is 13.2 Å². The second-order valence-corrected chi connectivity index (χ2v) is 7.03. The lowest BCUT2D eigenvalue weighted by Gasteiger charge is -2.14. The van der Waals surface area contributed by atoms with Gasteiger partial charge in [0.2, 0.25) is 5.91 Å². The van der Waals surface area contributed by atoms with Gasteiger partial charge in [0.15, 0.2) is 5.96 Å². The Morgan fingerprint density at radius 3 is 2.34 bits per heavy atom. The number of carbonyl (C=O) groups is 1. The fourth-order valence-corrected chi connectivity index (χ4v) is 2.33. The highest BCUT2D eigenvalue weighted by Crippen LogP contribution is 2.11. The monoisotopic (exact) mass is 520 g/mol. The summed E-state index contributed by atoms with van der Waals surface area (Å²) in [5.74, 6) is 1.49. The minimum atomic E-state index is -0.0263. The quantitative estimate of drug-likeness (QED) is 0.192. The van der Waals surface area contributed by atoms with Gasteiger partial charge in [-0.2, -0.15) is 0 Å². The summed E-state index contributed by atoms with van der Waals surface area (Å²) in [5, 5.41) is 6.61. The van der Waals surface area contributed by atoms with Crippen LogP contribution in [0.25, 0.3) is 0 Å². The number of unbranched alkanes of at least 4 members (excludes halogenated alkanes) is 1. The molecule has 166 valence electrons. The minimum Gasteiger partial charge on any atom is -0.497 e. The van der Waals surface area contributed by atoms with E-state index in [-0.39, 0.29) is 42.5 Å². The Balaban J connectivity index is 0.00000784. The molecule has 29 heavy (non-hydrogen) atoms. The third kappa shape index (κ3) is 13.3. The molecule has 0 unspecified atom stereocenters. The second kappa shape index (κ2) is 16.3. The van der Waals surface area contributed by atoms with Crippen molar-refractivity contribution in [1.29, 1.82) is 0 Å². The van der Waals surface area contributed by atoms with Crippen molar-refractivity contribution in [2.75, 3.05) is 47.4 Å². The van der Waals surface area contributed by atoms with Gasteiger partial charge in [0, 0.05) is 33.8 Å². The van der Waals surface area contributed by atoms with E-state index in [2.05, 4.69) is 27.8 Å². The maximum atomic E-state index is 11.8. The van der Waals surface area contributed by atoms with Gasteiger partial charge in [-0.25, -0.2) is 4.99 Å². The SMILES string of the molecule is COc1ccc(CCNC(=NCC(=O)N(C)C)NCCCCOC(C)C)cc1.I. The lowest BCUT2D eigenvalue weighted by atomic mass is 10.1. The molecule has 0 aromatic heterocycles. The zero-order valence-electron chi connectivity index (χ0n) is 18.4. The number of aliphatic imine (C=N–C) groups is 1. The summed E-state index contributed by atoms with van der Waals surface area (Å²) in [5.41, 5.74) is 1.21. The first-order valence-electron chi connectivity index (χ1n) is 9.89. The van der Waals surface area contributed by atoms with Gasteiger partial charge in [-0.3, -0.25) is 4.79 Å². The van der Waals surface area contributed by atoms with Gasteiger partial charge in [-0.1, -0.05) is 12.1 Å². The first-order valence-corrected chi connectivity index (χ1v) is 9.89. The molecule has 0 bridgehead atoms. The zero-order chi connectivity index (χ0) is 20.8. The van der Waals surface area contributed by atoms with Crippen molar-refractivity contribution in [2.45, 2.75) is 39.2 Å². The molecule has 1 aromatic carbocycles. The molecule has 1 rings (SSSR count). The number of methoxy groups -OCH3 is 1. The molecule has 0 fully saturated rings. The molecule has 0 aliphatic heterocycles. The number of benzene rings is 1. The number of carbonyl (C=O) groups excluding carboxylic acids is 1. The summed E-state index contributed by atoms with van der Waals surface area (Å²) >= 11 is 0. The van der Waals surface area contributed by atoms with E-state index in [1.165, 1.54) is 5.56 Å². The predicted molar refractivity (Wildman–Crippen MR) is 129 cm³/mol. The molecule has 0 spiro atoms. The number of rotatable bonds is 12. The zero-order valence-corrected chi connectivity index (χ0v) is 20.7. The second-order valence-electron chi connectivity index (χ2n) is 7.03. The van der Waals surface area contributed by atoms with Crippen molar-refractivity contribution in [2.24, 2.45) is 4.99 Å². The molecule has 0 saturated heterocycles. The Labute approximate surface area is 192 Å². The smallest absolute Gasteiger partial charge is 0.243 e. The highest BCUT2D eigenvalue weighted by Gasteiger charge is 2.05. The van der Waals surface area contributed by atoms with Crippen LogP contribution in [-0.4, -0.2) is 70.3 Å². The van der Waals surface area contributed by atoms with Gasteiger partial charge in [0.1, 0.15) is 12.3 Å². The van der Waals surface area contributed by atoms with Gasteiger partial charge in [-0.05, 0) is 50.8 Å². The average Bonchev–Trinajstić information content (AvgIpc) is 2.68. The summed E-state index contributed by atoms with van der Waals surface area (Å²) in [7, 11) is 5.13. The Morgan fingerprint density at radius 1 is 1.10 bits per heavy atom. The van der Waals surface area contributed by atoms with Crippen LogP contribution in [-0.2, 0) is 16.0 Å². The van der Waals surface area contributed by atoms with Crippen molar-refractivity contribution >= 4 is 35.8 Å². The molecular weight excluding hydrogens is 483 g/mol. The third-order valence-corrected chi connectivity index (χ3v) is 4.05. The van der Waals surface area contributed by atoms with Crippen molar-refractivity contribution in [3.63, 3.8) is 0 Å². The van der Waals surface area contributed by atoms with Gasteiger partial charge < -0.3 is 25.0 Å². The van der Waals surface area contributed by atoms with Gasteiger partial charge in [0.25, 0.3) is 0 Å². The standard InChI is InChI=1S/C21H36N4O3.HI/c1-17(2)28-15-7-6-13-22-21(24-16-20(26)25(3)4)23-14-12-18-8-10-19(27-5)11-9-18;/h8-11,17H,6-7,12-16H2,1-5H3,(H2,22,23,24);1H. The van der Waals surface area contributed by atoms with Crippen molar-refractivity contribution in [3.05, 3.63) is 29.8 Å². The number of guanidine groups is 1. The molecule has 2 N–H and O–H groups in total. The number of hydrogen-bond donors (Lipinski definition) is 2. The molecule has 1 amide bonds. The van der Waals surface area contributed by atoms with E-state index in [9.17, 15) is 4.79 Å². The Morgan fingerprint density at radius 2 is 1.76 bits per heavy atom. The van der Waals surface area contributed by atoms with Crippen LogP contribution < -0.4 is 15.4 Å². The molecule has 8 heteroatoms. The number of halogens is 1. The van der Waals surface area contributed by atoms with Crippen LogP contribution in [0.3, 0.4) is 0 Å². The van der Waals surface area contributed by atoms with E-state index < -0.39 is 0 Å². The van der Waals surface area contributed by atoms with E-state index in [0.717, 1.165) is 44.7 Å². The average molecular weight is 520 g/mol. The number of hydrogen-bond acceptors (Lipinski definition) is 4. The van der Waals surface area contributed by atoms with E-state index >= 15 is 0 Å². The fraction of sp³-hybridized carbons (Fsp3) is 0.619. The highest BCUT2D eigenvalue weighted by atomic mass is 127. The van der Waals surface area contributed by atoms with Gasteiger partial charge in [-0.15, -0.1) is 24.0 Å². The van der Waals surface area contributed by atoms with E-state index in [4.69, 9.17) is 9.47 Å². The molecule has 0 radical (unpaired) electrons. The number of nitrogens with one attached hydrogen (secondary N) is 2. The van der Waals surface area contributed by atoms with E-state index in [0.29, 0.717) is 5.96 Å². The maximum absolute atomic E-state index is 11.8. The molecule has 0 atom stereocenters. The first kappa shape index (κ1) is 27.5. The summed E-state index contributed by atoms with van der Waals surface area (Å²) in [6.07, 6.45) is 3.09. The third-order valence-electron chi connectivity index (χ3n) is 4.05. The normalized spacial score (nSPS) is 11.0. The van der Waals surface area contributed by atoms with Crippen molar-refractivity contribution < 1.29 is 14.3 Å². The van der Waals surface area contributed by atoms with E-state index in [1.807, 2.05) is 26.0 Å². The van der Waals surface area contributed by atoms with Crippen LogP contribution in [0.5, 0.6) is 5.75 Å². The fourth-order valence-electron chi connectivity index (χ4n) is 2.33. The predicted octanol–water partition coefficient (Wildman–Crippen LogP) is 2.68. The maximum Gasteiger partial charge on any atom is 0.243 e. The van der Waals surface area contributed by atoms with Crippen LogP contribution in [0.2, 0.25) is 0 Å². The number of likely N-dealkylation sites (N-methyl/N-ethyl adjacent to an activating group) is 1. The molecule has 0 aliphatic rings. The van der Waals surface area contributed by atoms with Crippen LogP contribution in [0.1, 0.15) is 32.3 Å². The molecule has 7 nitrogen and oxygen atoms in total. The first-order chi connectivity index (χ1) is 13.4. The lowest BCUT2D eigenvalue weighted by Crippen LogP contribution is -2.40. The van der Waals surface area contributed by atoms with Crippen LogP contribution in [0, 0.1) is 0 Å². The van der Waals surface area contributed by atoms with Crippen molar-refractivity contribution in [3.8, 4) is 5.75 Å². The van der Waals surface area contributed by atoms with Crippen molar-refractivity contribution in [1.82, 2.24) is 15.5 Å². The number of ether oxygens (including phenoxy) is 2. The molecule has 0 aliphatic carbocycles. The van der Waals surface area contributed by atoms with E-state index in [1.54, 1.807) is 26.1 Å². The minimum absolute atomic E-state index is 0. The Hall–Kier alpha value is -1.55. The van der Waals surface area contributed by atoms with Crippen LogP contribution in [0.15, 0.2) is 29.3 Å². The van der Waals surface area contributed by atoms with Gasteiger partial charge >= 0.3 is 0 Å². The summed E-state index contributed by atoms with van der Waals surface area (Å²) in [6.45, 7) is 6.48. The topological polar surface area (TPSA) is 75.2 Å². The molecule has 0 heterocycles. The number of amides is 1. The Kier molecular flexibility index (Phi) is 15.4. The summed E-state index contributed by atoms with van der Waals surface area (Å²) in [6, 6.07) is 8.01. The lowest BCUT2D eigenvalue weighted by molar-refractivity contribution is -0.127.